The molecule has 5 nitrogen and oxygen atoms in total. The number of para-hydroxylation sites is 1. The number of aromatic nitrogens is 1. The fraction of sp³-hybridized carbons (Fsp3) is 0.0800. The second-order valence-electron chi connectivity index (χ2n) is 7.01. The number of benzene rings is 3. The molecule has 0 unspecified atom stereocenters. The summed E-state index contributed by atoms with van der Waals surface area (Å²) < 4.78 is 0. The van der Waals surface area contributed by atoms with E-state index in [9.17, 15) is 14.7 Å². The zero-order valence-electron chi connectivity index (χ0n) is 16.2. The minimum absolute atomic E-state index is 0.189. The molecule has 1 heterocycles. The van der Waals surface area contributed by atoms with E-state index in [1.807, 2.05) is 66.7 Å². The molecule has 0 spiro atoms. The minimum atomic E-state index is -1.08. The number of carboxylic acid groups (broad SMARTS) is 1. The van der Waals surface area contributed by atoms with Crippen LogP contribution in [0.1, 0.15) is 15.9 Å². The summed E-state index contributed by atoms with van der Waals surface area (Å²) in [6, 6.07) is 25.5. The maximum atomic E-state index is 12.8. The van der Waals surface area contributed by atoms with Crippen molar-refractivity contribution in [2.24, 2.45) is 0 Å². The predicted molar refractivity (Wildman–Crippen MR) is 116 cm³/mol. The van der Waals surface area contributed by atoms with E-state index in [2.05, 4.69) is 10.3 Å². The summed E-state index contributed by atoms with van der Waals surface area (Å²) in [6.45, 7) is 0. The van der Waals surface area contributed by atoms with Gasteiger partial charge in [-0.1, -0.05) is 72.8 Å². The molecule has 1 aromatic heterocycles. The number of carboxylic acids is 1. The molecule has 5 heteroatoms. The highest BCUT2D eigenvalue weighted by atomic mass is 16.4. The zero-order chi connectivity index (χ0) is 20.9. The van der Waals surface area contributed by atoms with Gasteiger partial charge < -0.3 is 10.4 Å². The van der Waals surface area contributed by atoms with Gasteiger partial charge in [0, 0.05) is 18.0 Å². The Morgan fingerprint density at radius 3 is 2.27 bits per heavy atom. The number of aliphatic carboxylic acids is 1. The van der Waals surface area contributed by atoms with Crippen LogP contribution in [0.4, 0.5) is 0 Å². The molecular formula is C25H20N2O3. The largest absolute Gasteiger partial charge is 0.480 e. The number of carbonyl (C=O) groups excluding carboxylic acids is 1. The Labute approximate surface area is 174 Å². The van der Waals surface area contributed by atoms with Crippen LogP contribution in [0.5, 0.6) is 0 Å². The first-order chi connectivity index (χ1) is 14.6. The molecule has 3 aromatic carbocycles. The number of fused-ring (bicyclic) bond motifs is 1. The predicted octanol–water partition coefficient (Wildman–Crippen LogP) is 4.33. The Hall–Kier alpha value is -3.99. The van der Waals surface area contributed by atoms with Gasteiger partial charge in [0.25, 0.3) is 5.91 Å². The van der Waals surface area contributed by atoms with Crippen molar-refractivity contribution in [3.8, 4) is 11.1 Å². The first-order valence-electron chi connectivity index (χ1n) is 9.63. The summed E-state index contributed by atoms with van der Waals surface area (Å²) in [5.41, 5.74) is 3.89. The van der Waals surface area contributed by atoms with Crippen molar-refractivity contribution in [3.63, 3.8) is 0 Å². The van der Waals surface area contributed by atoms with Crippen LogP contribution in [-0.2, 0) is 11.2 Å². The monoisotopic (exact) mass is 396 g/mol. The van der Waals surface area contributed by atoms with Crippen molar-refractivity contribution >= 4 is 22.8 Å². The Kier molecular flexibility index (Phi) is 5.52. The summed E-state index contributed by atoms with van der Waals surface area (Å²) in [5.74, 6) is -1.53. The van der Waals surface area contributed by atoms with Gasteiger partial charge in [-0.25, -0.2) is 4.79 Å². The van der Waals surface area contributed by atoms with Crippen molar-refractivity contribution in [2.45, 2.75) is 12.5 Å². The van der Waals surface area contributed by atoms with E-state index in [0.717, 1.165) is 22.1 Å². The number of nitrogens with one attached hydrogen (secondary N) is 1. The highest BCUT2D eigenvalue weighted by Gasteiger charge is 2.22. The van der Waals surface area contributed by atoms with Crippen molar-refractivity contribution < 1.29 is 14.7 Å². The molecule has 1 atom stereocenters. The van der Waals surface area contributed by atoms with Gasteiger partial charge in [0.15, 0.2) is 0 Å². The van der Waals surface area contributed by atoms with E-state index in [0.29, 0.717) is 11.1 Å². The maximum absolute atomic E-state index is 12.8. The number of pyridine rings is 1. The lowest BCUT2D eigenvalue weighted by Gasteiger charge is -2.15. The molecular weight excluding hydrogens is 376 g/mol. The first-order valence-corrected chi connectivity index (χ1v) is 9.63. The molecule has 0 saturated heterocycles. The quantitative estimate of drug-likeness (QED) is 0.508. The van der Waals surface area contributed by atoms with Crippen molar-refractivity contribution in [3.05, 3.63) is 102 Å². The van der Waals surface area contributed by atoms with Gasteiger partial charge in [-0.2, -0.15) is 0 Å². The summed E-state index contributed by atoms with van der Waals surface area (Å²) >= 11 is 0. The Morgan fingerprint density at radius 1 is 0.833 bits per heavy atom. The number of amides is 1. The Morgan fingerprint density at radius 2 is 1.53 bits per heavy atom. The minimum Gasteiger partial charge on any atom is -0.480 e. The molecule has 0 bridgehead atoms. The SMILES string of the molecule is O=C(N[C@@H](Cc1ccc(-c2ccccc2)cc1)C(=O)O)c1cccc2cccnc12. The van der Waals surface area contributed by atoms with E-state index in [-0.39, 0.29) is 6.42 Å². The van der Waals surface area contributed by atoms with Crippen molar-refractivity contribution in [2.75, 3.05) is 0 Å². The van der Waals surface area contributed by atoms with Gasteiger partial charge in [-0.3, -0.25) is 9.78 Å². The molecule has 0 saturated carbocycles. The summed E-state index contributed by atoms with van der Waals surface area (Å²) in [6.07, 6.45) is 1.80. The van der Waals surface area contributed by atoms with Crippen LogP contribution in [0.15, 0.2) is 91.1 Å². The van der Waals surface area contributed by atoms with Gasteiger partial charge in [-0.15, -0.1) is 0 Å². The highest BCUT2D eigenvalue weighted by Crippen LogP contribution is 2.20. The molecule has 0 radical (unpaired) electrons. The molecule has 30 heavy (non-hydrogen) atoms. The third-order valence-corrected chi connectivity index (χ3v) is 4.98. The molecule has 0 fully saturated rings. The lowest BCUT2D eigenvalue weighted by Crippen LogP contribution is -2.42. The standard InChI is InChI=1S/C25H20N2O3/c28-24(21-10-4-8-20-9-5-15-26-23(20)21)27-22(25(29)30)16-17-11-13-19(14-12-17)18-6-2-1-3-7-18/h1-15,22H,16H2,(H,27,28)(H,29,30)/t22-/m0/s1. The summed E-state index contributed by atoms with van der Waals surface area (Å²) in [4.78, 5) is 28.8. The number of hydrogen-bond donors (Lipinski definition) is 2. The third-order valence-electron chi connectivity index (χ3n) is 4.98. The van der Waals surface area contributed by atoms with Crippen molar-refractivity contribution in [1.82, 2.24) is 10.3 Å². The molecule has 4 rings (SSSR count). The van der Waals surface area contributed by atoms with Crippen LogP contribution >= 0.6 is 0 Å². The van der Waals surface area contributed by atoms with Crippen LogP contribution < -0.4 is 5.32 Å². The van der Waals surface area contributed by atoms with E-state index < -0.39 is 17.9 Å². The Bertz CT molecular complexity index is 1180. The van der Waals surface area contributed by atoms with Crippen LogP contribution in [0.3, 0.4) is 0 Å². The smallest absolute Gasteiger partial charge is 0.326 e. The van der Waals surface area contributed by atoms with E-state index in [4.69, 9.17) is 0 Å². The van der Waals surface area contributed by atoms with E-state index >= 15 is 0 Å². The van der Waals surface area contributed by atoms with Gasteiger partial charge >= 0.3 is 5.97 Å². The van der Waals surface area contributed by atoms with Gasteiger partial charge in [0.05, 0.1) is 11.1 Å². The molecule has 1 amide bonds. The van der Waals surface area contributed by atoms with Crippen LogP contribution in [0.25, 0.3) is 22.0 Å². The van der Waals surface area contributed by atoms with Crippen LogP contribution in [0.2, 0.25) is 0 Å². The van der Waals surface area contributed by atoms with E-state index in [1.54, 1.807) is 24.4 Å². The van der Waals surface area contributed by atoms with Crippen LogP contribution in [0, 0.1) is 0 Å². The van der Waals surface area contributed by atoms with Gasteiger partial charge in [0.1, 0.15) is 6.04 Å². The van der Waals surface area contributed by atoms with Gasteiger partial charge in [-0.05, 0) is 28.8 Å². The fourth-order valence-corrected chi connectivity index (χ4v) is 3.42. The first kappa shape index (κ1) is 19.3. The number of carbonyl (C=O) groups is 2. The molecule has 148 valence electrons. The lowest BCUT2D eigenvalue weighted by atomic mass is 10.0. The van der Waals surface area contributed by atoms with E-state index in [1.165, 1.54) is 0 Å². The highest BCUT2D eigenvalue weighted by molar-refractivity contribution is 6.06. The topological polar surface area (TPSA) is 79.3 Å². The summed E-state index contributed by atoms with van der Waals surface area (Å²) in [5, 5.41) is 13.1. The number of hydrogen-bond acceptors (Lipinski definition) is 3. The molecule has 0 aliphatic heterocycles. The second-order valence-corrected chi connectivity index (χ2v) is 7.01. The molecule has 2 N–H and O–H groups in total. The molecule has 0 aliphatic carbocycles. The third kappa shape index (κ3) is 4.20. The van der Waals surface area contributed by atoms with Crippen LogP contribution in [-0.4, -0.2) is 28.0 Å². The second kappa shape index (κ2) is 8.57. The Balaban J connectivity index is 1.52. The molecule has 4 aromatic rings. The number of nitrogens with zero attached hydrogens (tertiary/aromatic N) is 1. The zero-order valence-corrected chi connectivity index (χ0v) is 16.2. The average molecular weight is 396 g/mol. The molecule has 0 aliphatic rings. The number of rotatable bonds is 6. The summed E-state index contributed by atoms with van der Waals surface area (Å²) in [7, 11) is 0. The fourth-order valence-electron chi connectivity index (χ4n) is 3.42. The lowest BCUT2D eigenvalue weighted by molar-refractivity contribution is -0.139. The average Bonchev–Trinajstić information content (AvgIpc) is 2.79. The van der Waals surface area contributed by atoms with Crippen molar-refractivity contribution in [1.29, 1.82) is 0 Å². The van der Waals surface area contributed by atoms with Gasteiger partial charge in [0.2, 0.25) is 0 Å². The maximum Gasteiger partial charge on any atom is 0.326 e. The normalized spacial score (nSPS) is 11.7.